The predicted octanol–water partition coefficient (Wildman–Crippen LogP) is 2.77. The smallest absolute Gasteiger partial charge is 0.238 e. The highest BCUT2D eigenvalue weighted by Crippen LogP contribution is 2.20. The van der Waals surface area contributed by atoms with Gasteiger partial charge in [-0.3, -0.25) is 0 Å². The second kappa shape index (κ2) is 7.31. The molecule has 0 aliphatic heterocycles. The molecule has 0 aliphatic rings. The van der Waals surface area contributed by atoms with Gasteiger partial charge in [0, 0.05) is 0 Å². The van der Waals surface area contributed by atoms with Crippen LogP contribution in [0.1, 0.15) is 31.2 Å². The van der Waals surface area contributed by atoms with E-state index in [2.05, 4.69) is 6.58 Å². The number of nitrogens with two attached hydrogens (primary N) is 1. The minimum Gasteiger partial charge on any atom is -0.494 e. The van der Waals surface area contributed by atoms with E-state index in [9.17, 15) is 8.42 Å². The Bertz CT molecular complexity index is 523. The van der Waals surface area contributed by atoms with Crippen LogP contribution >= 0.6 is 0 Å². The van der Waals surface area contributed by atoms with Gasteiger partial charge in [0.1, 0.15) is 5.75 Å². The Labute approximate surface area is 115 Å². The zero-order chi connectivity index (χ0) is 14.3. The Morgan fingerprint density at radius 2 is 2.05 bits per heavy atom. The van der Waals surface area contributed by atoms with Crippen molar-refractivity contribution >= 4 is 10.0 Å². The lowest BCUT2D eigenvalue weighted by Crippen LogP contribution is -2.13. The molecule has 0 saturated heterocycles. The summed E-state index contributed by atoms with van der Waals surface area (Å²) in [6.45, 7) is 6.01. The monoisotopic (exact) mass is 283 g/mol. The van der Waals surface area contributed by atoms with E-state index in [0.29, 0.717) is 17.9 Å². The van der Waals surface area contributed by atoms with Crippen molar-refractivity contribution < 1.29 is 13.2 Å². The summed E-state index contributed by atoms with van der Waals surface area (Å²) in [4.78, 5) is 0.144. The van der Waals surface area contributed by atoms with Crippen LogP contribution < -0.4 is 9.88 Å². The standard InChI is InChI=1S/C14H21NO3S/c1-3-4-5-6-7-10-18-13-8-9-14(12(2)11-13)19(15,16)17/h3,8-9,11H,1,4-7,10H2,2H3,(H2,15,16,17). The van der Waals surface area contributed by atoms with Gasteiger partial charge in [-0.15, -0.1) is 6.58 Å². The highest BCUT2D eigenvalue weighted by Gasteiger charge is 2.11. The molecule has 1 rings (SSSR count). The van der Waals surface area contributed by atoms with Crippen LogP contribution in [0, 0.1) is 6.92 Å². The maximum Gasteiger partial charge on any atom is 0.238 e. The van der Waals surface area contributed by atoms with Crippen molar-refractivity contribution in [1.82, 2.24) is 0 Å². The third kappa shape index (κ3) is 5.44. The summed E-state index contributed by atoms with van der Waals surface area (Å²) in [6.07, 6.45) is 6.14. The quantitative estimate of drug-likeness (QED) is 0.589. The summed E-state index contributed by atoms with van der Waals surface area (Å²) in [5, 5.41) is 5.10. The molecular weight excluding hydrogens is 262 g/mol. The van der Waals surface area contributed by atoms with Gasteiger partial charge in [0.15, 0.2) is 0 Å². The molecule has 106 valence electrons. The second-order valence-electron chi connectivity index (χ2n) is 4.46. The van der Waals surface area contributed by atoms with E-state index in [4.69, 9.17) is 9.88 Å². The number of benzene rings is 1. The molecule has 0 spiro atoms. The highest BCUT2D eigenvalue weighted by atomic mass is 32.2. The first-order valence-corrected chi connectivity index (χ1v) is 7.87. The van der Waals surface area contributed by atoms with Gasteiger partial charge in [-0.05, 0) is 56.4 Å². The Hall–Kier alpha value is -1.33. The van der Waals surface area contributed by atoms with Crippen LogP contribution in [-0.2, 0) is 10.0 Å². The summed E-state index contributed by atoms with van der Waals surface area (Å²) in [5.74, 6) is 0.675. The van der Waals surface area contributed by atoms with E-state index in [1.54, 1.807) is 19.1 Å². The number of hydrogen-bond donors (Lipinski definition) is 1. The number of aryl methyl sites for hydroxylation is 1. The molecule has 0 saturated carbocycles. The highest BCUT2D eigenvalue weighted by molar-refractivity contribution is 7.89. The number of rotatable bonds is 8. The zero-order valence-corrected chi connectivity index (χ0v) is 12.1. The Morgan fingerprint density at radius 1 is 1.32 bits per heavy atom. The first-order valence-electron chi connectivity index (χ1n) is 6.32. The van der Waals surface area contributed by atoms with E-state index < -0.39 is 10.0 Å². The van der Waals surface area contributed by atoms with Crippen LogP contribution in [-0.4, -0.2) is 15.0 Å². The Kier molecular flexibility index (Phi) is 6.05. The van der Waals surface area contributed by atoms with E-state index in [1.165, 1.54) is 6.07 Å². The molecule has 0 atom stereocenters. The number of primary sulfonamides is 1. The molecule has 0 amide bonds. The Morgan fingerprint density at radius 3 is 2.63 bits per heavy atom. The first-order chi connectivity index (χ1) is 8.95. The van der Waals surface area contributed by atoms with Gasteiger partial charge in [-0.1, -0.05) is 6.08 Å². The lowest BCUT2D eigenvalue weighted by atomic mass is 10.2. The fraction of sp³-hybridized carbons (Fsp3) is 0.429. The summed E-state index contributed by atoms with van der Waals surface area (Å²) in [5.41, 5.74) is 0.603. The van der Waals surface area contributed by atoms with Crippen LogP contribution in [0.2, 0.25) is 0 Å². The molecule has 0 unspecified atom stereocenters. The maximum absolute atomic E-state index is 11.3. The molecule has 0 bridgehead atoms. The third-order valence-corrected chi connectivity index (χ3v) is 3.85. The van der Waals surface area contributed by atoms with Gasteiger partial charge in [-0.2, -0.15) is 0 Å². The Balaban J connectivity index is 2.48. The van der Waals surface area contributed by atoms with Crippen LogP contribution in [0.15, 0.2) is 35.7 Å². The minimum atomic E-state index is -3.65. The number of sulfonamides is 1. The van der Waals surface area contributed by atoms with Crippen molar-refractivity contribution in [1.29, 1.82) is 0 Å². The first kappa shape index (κ1) is 15.7. The van der Waals surface area contributed by atoms with E-state index in [-0.39, 0.29) is 4.90 Å². The molecule has 1 aromatic carbocycles. The number of allylic oxidation sites excluding steroid dienone is 1. The molecule has 2 N–H and O–H groups in total. The topological polar surface area (TPSA) is 69.4 Å². The van der Waals surface area contributed by atoms with Gasteiger partial charge >= 0.3 is 0 Å². The molecule has 4 nitrogen and oxygen atoms in total. The van der Waals surface area contributed by atoms with E-state index in [0.717, 1.165) is 25.7 Å². The maximum atomic E-state index is 11.3. The lowest BCUT2D eigenvalue weighted by molar-refractivity contribution is 0.305. The average Bonchev–Trinajstić information content (AvgIpc) is 2.32. The zero-order valence-electron chi connectivity index (χ0n) is 11.3. The number of hydrogen-bond acceptors (Lipinski definition) is 3. The van der Waals surface area contributed by atoms with E-state index >= 15 is 0 Å². The van der Waals surface area contributed by atoms with Crippen molar-refractivity contribution in [3.63, 3.8) is 0 Å². The normalized spacial score (nSPS) is 11.3. The van der Waals surface area contributed by atoms with Crippen LogP contribution in [0.3, 0.4) is 0 Å². The molecule has 0 fully saturated rings. The fourth-order valence-corrected chi connectivity index (χ4v) is 2.55. The van der Waals surface area contributed by atoms with E-state index in [1.807, 2.05) is 6.08 Å². The van der Waals surface area contributed by atoms with Crippen molar-refractivity contribution in [2.75, 3.05) is 6.61 Å². The third-order valence-electron chi connectivity index (χ3n) is 2.77. The summed E-state index contributed by atoms with van der Waals surface area (Å²) >= 11 is 0. The molecular formula is C14H21NO3S. The molecule has 5 heteroatoms. The number of unbranched alkanes of at least 4 members (excludes halogenated alkanes) is 3. The molecule has 0 heterocycles. The van der Waals surface area contributed by atoms with Crippen LogP contribution in [0.25, 0.3) is 0 Å². The van der Waals surface area contributed by atoms with Gasteiger partial charge in [0.05, 0.1) is 11.5 Å². The lowest BCUT2D eigenvalue weighted by Gasteiger charge is -2.09. The molecule has 0 radical (unpaired) electrons. The minimum absolute atomic E-state index is 0.144. The molecule has 0 aliphatic carbocycles. The summed E-state index contributed by atoms with van der Waals surface area (Å²) in [7, 11) is -3.65. The van der Waals surface area contributed by atoms with Crippen molar-refractivity contribution in [3.05, 3.63) is 36.4 Å². The molecule has 19 heavy (non-hydrogen) atoms. The molecule has 0 aromatic heterocycles. The van der Waals surface area contributed by atoms with Gasteiger partial charge in [0.25, 0.3) is 0 Å². The molecule has 1 aromatic rings. The van der Waals surface area contributed by atoms with Gasteiger partial charge in [-0.25, -0.2) is 13.6 Å². The second-order valence-corrected chi connectivity index (χ2v) is 5.99. The fourth-order valence-electron chi connectivity index (χ4n) is 1.79. The van der Waals surface area contributed by atoms with Gasteiger partial charge in [0.2, 0.25) is 10.0 Å². The largest absolute Gasteiger partial charge is 0.494 e. The predicted molar refractivity (Wildman–Crippen MR) is 76.7 cm³/mol. The van der Waals surface area contributed by atoms with Crippen LogP contribution in [0.4, 0.5) is 0 Å². The van der Waals surface area contributed by atoms with Crippen molar-refractivity contribution in [3.8, 4) is 5.75 Å². The average molecular weight is 283 g/mol. The number of ether oxygens (including phenoxy) is 1. The summed E-state index contributed by atoms with van der Waals surface area (Å²) < 4.78 is 28.1. The SMILES string of the molecule is C=CCCCCCOc1ccc(S(N)(=O)=O)c(C)c1. The summed E-state index contributed by atoms with van der Waals surface area (Å²) in [6, 6.07) is 4.82. The van der Waals surface area contributed by atoms with Crippen molar-refractivity contribution in [2.24, 2.45) is 5.14 Å². The van der Waals surface area contributed by atoms with Gasteiger partial charge < -0.3 is 4.74 Å². The van der Waals surface area contributed by atoms with Crippen molar-refractivity contribution in [2.45, 2.75) is 37.5 Å². The van der Waals surface area contributed by atoms with Crippen LogP contribution in [0.5, 0.6) is 5.75 Å².